The van der Waals surface area contributed by atoms with Gasteiger partial charge in [0.15, 0.2) is 5.75 Å². The van der Waals surface area contributed by atoms with Gasteiger partial charge in [0, 0.05) is 13.0 Å². The lowest BCUT2D eigenvalue weighted by atomic mass is 10.3. The summed E-state index contributed by atoms with van der Waals surface area (Å²) in [6.07, 6.45) is -4.36. The number of ether oxygens (including phenoxy) is 2. The zero-order valence-electron chi connectivity index (χ0n) is 12.4. The molecule has 2 amide bonds. The lowest BCUT2D eigenvalue weighted by molar-refractivity contribution is -0.274. The van der Waals surface area contributed by atoms with E-state index >= 15 is 0 Å². The van der Waals surface area contributed by atoms with E-state index in [4.69, 9.17) is 4.74 Å². The molecule has 0 aromatic heterocycles. The van der Waals surface area contributed by atoms with Gasteiger partial charge < -0.3 is 20.1 Å². The first kappa shape index (κ1) is 18.6. The highest BCUT2D eigenvalue weighted by Crippen LogP contribution is 2.29. The predicted octanol–water partition coefficient (Wildman–Crippen LogP) is 3.05. The molecule has 0 bridgehead atoms. The highest BCUT2D eigenvalue weighted by molar-refractivity contribution is 5.90. The molecule has 2 N–H and O–H groups in total. The minimum Gasteiger partial charge on any atom is -0.466 e. The number of halogens is 3. The Bertz CT molecular complexity index is 535. The molecule has 0 saturated heterocycles. The van der Waals surface area contributed by atoms with Gasteiger partial charge in [0.2, 0.25) is 0 Å². The van der Waals surface area contributed by atoms with Crippen LogP contribution in [0.1, 0.15) is 19.8 Å². The SMILES string of the molecule is CCOC(=O)CCCNC(=O)Nc1ccccc1OC(F)(F)F. The molecular weight excluding hydrogens is 317 g/mol. The molecule has 23 heavy (non-hydrogen) atoms. The van der Waals surface area contributed by atoms with E-state index in [1.54, 1.807) is 6.92 Å². The first-order valence-electron chi connectivity index (χ1n) is 6.87. The summed E-state index contributed by atoms with van der Waals surface area (Å²) >= 11 is 0. The molecule has 0 fully saturated rings. The Hall–Kier alpha value is -2.45. The van der Waals surface area contributed by atoms with Gasteiger partial charge in [0.25, 0.3) is 0 Å². The fraction of sp³-hybridized carbons (Fsp3) is 0.429. The van der Waals surface area contributed by atoms with Gasteiger partial charge in [0.05, 0.1) is 12.3 Å². The number of alkyl halides is 3. The molecule has 9 heteroatoms. The molecule has 0 radical (unpaired) electrons. The van der Waals surface area contributed by atoms with Crippen LogP contribution in [0.4, 0.5) is 23.7 Å². The predicted molar refractivity (Wildman–Crippen MR) is 76.0 cm³/mol. The van der Waals surface area contributed by atoms with Crippen LogP contribution in [0.5, 0.6) is 5.75 Å². The van der Waals surface area contributed by atoms with E-state index < -0.39 is 18.1 Å². The van der Waals surface area contributed by atoms with E-state index in [0.717, 1.165) is 6.07 Å². The van der Waals surface area contributed by atoms with Crippen molar-refractivity contribution in [1.29, 1.82) is 0 Å². The summed E-state index contributed by atoms with van der Waals surface area (Å²) in [5.41, 5.74) is -0.118. The summed E-state index contributed by atoms with van der Waals surface area (Å²) < 4.78 is 45.3. The highest BCUT2D eigenvalue weighted by atomic mass is 19.4. The van der Waals surface area contributed by atoms with Gasteiger partial charge in [-0.15, -0.1) is 13.2 Å². The minimum absolute atomic E-state index is 0.118. The molecule has 0 aliphatic heterocycles. The number of hydrogen-bond donors (Lipinski definition) is 2. The third-order valence-electron chi connectivity index (χ3n) is 2.51. The van der Waals surface area contributed by atoms with Crippen LogP contribution in [0.25, 0.3) is 0 Å². The Morgan fingerprint density at radius 1 is 1.22 bits per heavy atom. The molecule has 1 aromatic carbocycles. The van der Waals surface area contributed by atoms with Crippen molar-refractivity contribution in [2.24, 2.45) is 0 Å². The van der Waals surface area contributed by atoms with Crippen molar-refractivity contribution in [1.82, 2.24) is 5.32 Å². The number of nitrogens with one attached hydrogen (secondary N) is 2. The maximum absolute atomic E-state index is 12.3. The summed E-state index contributed by atoms with van der Waals surface area (Å²) in [7, 11) is 0. The average Bonchev–Trinajstić information content (AvgIpc) is 2.44. The number of anilines is 1. The first-order valence-corrected chi connectivity index (χ1v) is 6.87. The number of para-hydroxylation sites is 2. The number of urea groups is 1. The normalized spacial score (nSPS) is 10.8. The van der Waals surface area contributed by atoms with E-state index in [9.17, 15) is 22.8 Å². The van der Waals surface area contributed by atoms with Gasteiger partial charge in [-0.05, 0) is 25.5 Å². The molecule has 0 spiro atoms. The van der Waals surface area contributed by atoms with Gasteiger partial charge in [0.1, 0.15) is 0 Å². The molecule has 0 unspecified atom stereocenters. The Morgan fingerprint density at radius 3 is 2.57 bits per heavy atom. The second kappa shape index (κ2) is 8.86. The van der Waals surface area contributed by atoms with Crippen molar-refractivity contribution in [2.75, 3.05) is 18.5 Å². The van der Waals surface area contributed by atoms with Crippen molar-refractivity contribution < 1.29 is 32.2 Å². The Kier molecular flexibility index (Phi) is 7.17. The van der Waals surface area contributed by atoms with Gasteiger partial charge in [-0.2, -0.15) is 0 Å². The third-order valence-corrected chi connectivity index (χ3v) is 2.51. The second-order valence-corrected chi connectivity index (χ2v) is 4.33. The van der Waals surface area contributed by atoms with Crippen molar-refractivity contribution in [3.8, 4) is 5.75 Å². The monoisotopic (exact) mass is 334 g/mol. The Balaban J connectivity index is 2.44. The lowest BCUT2D eigenvalue weighted by Crippen LogP contribution is -2.30. The number of benzene rings is 1. The number of amides is 2. The molecular formula is C14H17F3N2O4. The van der Waals surface area contributed by atoms with Crippen LogP contribution in [0.3, 0.4) is 0 Å². The van der Waals surface area contributed by atoms with E-state index in [0.29, 0.717) is 6.42 Å². The maximum Gasteiger partial charge on any atom is 0.573 e. The number of rotatable bonds is 7. The molecule has 0 atom stereocenters. The lowest BCUT2D eigenvalue weighted by Gasteiger charge is -2.14. The topological polar surface area (TPSA) is 76.7 Å². The molecule has 0 aliphatic carbocycles. The zero-order chi connectivity index (χ0) is 17.3. The summed E-state index contributed by atoms with van der Waals surface area (Å²) in [5, 5.41) is 4.68. The number of carbonyl (C=O) groups excluding carboxylic acids is 2. The van der Waals surface area contributed by atoms with Gasteiger partial charge >= 0.3 is 18.4 Å². The largest absolute Gasteiger partial charge is 0.573 e. The molecule has 1 aromatic rings. The molecule has 0 aliphatic rings. The van der Waals surface area contributed by atoms with Gasteiger partial charge in [-0.3, -0.25) is 4.79 Å². The smallest absolute Gasteiger partial charge is 0.466 e. The summed E-state index contributed by atoms with van der Waals surface area (Å²) in [6.45, 7) is 2.14. The van der Waals surface area contributed by atoms with E-state index in [2.05, 4.69) is 15.4 Å². The molecule has 0 saturated carbocycles. The summed E-state index contributed by atoms with van der Waals surface area (Å²) in [5.74, 6) is -0.889. The third kappa shape index (κ3) is 7.93. The molecule has 0 heterocycles. The summed E-state index contributed by atoms with van der Waals surface area (Å²) in [4.78, 5) is 22.7. The zero-order valence-corrected chi connectivity index (χ0v) is 12.4. The van der Waals surface area contributed by atoms with Crippen molar-refractivity contribution in [3.63, 3.8) is 0 Å². The van der Waals surface area contributed by atoms with Crippen LogP contribution in [0.2, 0.25) is 0 Å². The van der Waals surface area contributed by atoms with Gasteiger partial charge in [-0.1, -0.05) is 12.1 Å². The average molecular weight is 334 g/mol. The van der Waals surface area contributed by atoms with Crippen molar-refractivity contribution >= 4 is 17.7 Å². The van der Waals surface area contributed by atoms with Crippen molar-refractivity contribution in [3.05, 3.63) is 24.3 Å². The molecule has 6 nitrogen and oxygen atoms in total. The second-order valence-electron chi connectivity index (χ2n) is 4.33. The van der Waals surface area contributed by atoms with Crippen molar-refractivity contribution in [2.45, 2.75) is 26.1 Å². The summed E-state index contributed by atoms with van der Waals surface area (Å²) in [6, 6.07) is 4.47. The van der Waals surface area contributed by atoms with Crippen LogP contribution in [0.15, 0.2) is 24.3 Å². The fourth-order valence-electron chi connectivity index (χ4n) is 1.62. The van der Waals surface area contributed by atoms with E-state index in [1.165, 1.54) is 18.2 Å². The number of carbonyl (C=O) groups is 2. The van der Waals surface area contributed by atoms with E-state index in [1.807, 2.05) is 0 Å². The van der Waals surface area contributed by atoms with Crippen LogP contribution in [-0.2, 0) is 9.53 Å². The Morgan fingerprint density at radius 2 is 1.91 bits per heavy atom. The standard InChI is InChI=1S/C14H17F3N2O4/c1-2-22-12(20)8-5-9-18-13(21)19-10-6-3-4-7-11(10)23-14(15,16)17/h3-4,6-7H,2,5,8-9H2,1H3,(H2,18,19,21). The van der Waals surface area contributed by atoms with Crippen LogP contribution < -0.4 is 15.4 Å². The Labute approximate surface area is 130 Å². The molecule has 128 valence electrons. The molecule has 1 rings (SSSR count). The van der Waals surface area contributed by atoms with Crippen LogP contribution >= 0.6 is 0 Å². The quantitative estimate of drug-likeness (QED) is 0.593. The van der Waals surface area contributed by atoms with Crippen LogP contribution in [-0.4, -0.2) is 31.5 Å². The highest BCUT2D eigenvalue weighted by Gasteiger charge is 2.32. The van der Waals surface area contributed by atoms with E-state index in [-0.39, 0.29) is 31.2 Å². The number of hydrogen-bond acceptors (Lipinski definition) is 4. The number of esters is 1. The van der Waals surface area contributed by atoms with Crippen LogP contribution in [0, 0.1) is 0 Å². The minimum atomic E-state index is -4.85. The van der Waals surface area contributed by atoms with Gasteiger partial charge in [-0.25, -0.2) is 4.79 Å². The fourth-order valence-corrected chi connectivity index (χ4v) is 1.62. The maximum atomic E-state index is 12.3. The first-order chi connectivity index (χ1) is 10.8.